The highest BCUT2D eigenvalue weighted by molar-refractivity contribution is 5.95. The van der Waals surface area contributed by atoms with Crippen molar-refractivity contribution in [3.8, 4) is 0 Å². The number of carbonyl (C=O) groups excluding carboxylic acids is 3. The molecule has 1 aliphatic heterocycles. The molecule has 1 spiro atoms. The Balaban J connectivity index is 2.02. The Bertz CT molecular complexity index is 756. The third-order valence-corrected chi connectivity index (χ3v) is 7.76. The first-order valence-electron chi connectivity index (χ1n) is 10.5. The molecule has 2 fully saturated rings. The molecule has 0 bridgehead atoms. The van der Waals surface area contributed by atoms with E-state index >= 15 is 0 Å². The molecule has 162 valence electrons. The number of ketones is 1. The summed E-state index contributed by atoms with van der Waals surface area (Å²) in [5.74, 6) is -0.823. The molecule has 0 radical (unpaired) electrons. The van der Waals surface area contributed by atoms with Crippen molar-refractivity contribution in [2.45, 2.75) is 84.3 Å². The van der Waals surface area contributed by atoms with Gasteiger partial charge in [0.2, 0.25) is 0 Å². The molecule has 0 aromatic heterocycles. The lowest BCUT2D eigenvalue weighted by Gasteiger charge is -2.60. The largest absolute Gasteiger partial charge is 0.469 e. The molecule has 5 atom stereocenters. The van der Waals surface area contributed by atoms with Crippen LogP contribution in [0.15, 0.2) is 11.6 Å². The maximum atomic E-state index is 13.3. The van der Waals surface area contributed by atoms with Gasteiger partial charge in [0.1, 0.15) is 0 Å². The number of fused-ring (bicyclic) bond motifs is 2. The highest BCUT2D eigenvalue weighted by atomic mass is 16.5. The Morgan fingerprint density at radius 1 is 1.17 bits per heavy atom. The van der Waals surface area contributed by atoms with Gasteiger partial charge in [-0.3, -0.25) is 14.4 Å². The van der Waals surface area contributed by atoms with Gasteiger partial charge in [0.25, 0.3) is 0 Å². The predicted octanol–water partition coefficient (Wildman–Crippen LogP) is 3.76. The lowest BCUT2D eigenvalue weighted by Crippen LogP contribution is -2.63. The average Bonchev–Trinajstić information content (AvgIpc) is 2.98. The second-order valence-electron chi connectivity index (χ2n) is 10.00. The molecule has 29 heavy (non-hydrogen) atoms. The van der Waals surface area contributed by atoms with Crippen LogP contribution < -0.4 is 0 Å². The molecular weight excluding hydrogens is 372 g/mol. The molecule has 1 saturated heterocycles. The fourth-order valence-electron chi connectivity index (χ4n) is 6.44. The summed E-state index contributed by atoms with van der Waals surface area (Å²) in [4.78, 5) is 36.7. The van der Waals surface area contributed by atoms with Gasteiger partial charge in [0, 0.05) is 23.7 Å². The van der Waals surface area contributed by atoms with Crippen LogP contribution in [-0.2, 0) is 28.6 Å². The number of hydrogen-bond donors (Lipinski definition) is 0. The predicted molar refractivity (Wildman–Crippen MR) is 107 cm³/mol. The van der Waals surface area contributed by atoms with Gasteiger partial charge in [-0.05, 0) is 51.2 Å². The molecule has 0 N–H and O–H groups in total. The Hall–Kier alpha value is -1.69. The number of carbonyl (C=O) groups is 3. The Labute approximate surface area is 173 Å². The van der Waals surface area contributed by atoms with Crippen molar-refractivity contribution in [1.82, 2.24) is 0 Å². The molecule has 1 heterocycles. The number of methoxy groups -OCH3 is 1. The highest BCUT2D eigenvalue weighted by Crippen LogP contribution is 2.65. The van der Waals surface area contributed by atoms with E-state index in [0.29, 0.717) is 0 Å². The zero-order valence-corrected chi connectivity index (χ0v) is 18.6. The summed E-state index contributed by atoms with van der Waals surface area (Å²) in [6.07, 6.45) is 6.03. The monoisotopic (exact) mass is 406 g/mol. The van der Waals surface area contributed by atoms with Gasteiger partial charge < -0.3 is 14.2 Å². The van der Waals surface area contributed by atoms with E-state index in [2.05, 4.69) is 13.8 Å². The number of rotatable bonds is 4. The van der Waals surface area contributed by atoms with Crippen molar-refractivity contribution in [2.75, 3.05) is 13.7 Å². The fraction of sp³-hybridized carbons (Fsp3) is 0.783. The Morgan fingerprint density at radius 2 is 1.86 bits per heavy atom. The summed E-state index contributed by atoms with van der Waals surface area (Å²) in [6, 6.07) is 0. The zero-order valence-electron chi connectivity index (χ0n) is 18.6. The lowest BCUT2D eigenvalue weighted by atomic mass is 9.46. The van der Waals surface area contributed by atoms with E-state index in [0.717, 1.165) is 37.7 Å². The standard InChI is InChI=1S/C23H34O6/c1-15-12-17(25)19-20(3,14-28-16(2)24)8-7-9-22(19,5)23(15)11-10-21(4,29-23)13-18(26)27-6/h12,19H,7-11,13-14H2,1-6H3. The van der Waals surface area contributed by atoms with Gasteiger partial charge in [-0.25, -0.2) is 0 Å². The van der Waals surface area contributed by atoms with E-state index in [9.17, 15) is 14.4 Å². The molecule has 6 heteroatoms. The summed E-state index contributed by atoms with van der Waals surface area (Å²) in [7, 11) is 1.39. The molecule has 2 aliphatic carbocycles. The first kappa shape index (κ1) is 22.0. The van der Waals surface area contributed by atoms with Crippen LogP contribution in [0.1, 0.15) is 73.1 Å². The van der Waals surface area contributed by atoms with E-state index < -0.39 is 22.0 Å². The first-order chi connectivity index (χ1) is 13.4. The average molecular weight is 407 g/mol. The number of ether oxygens (including phenoxy) is 3. The van der Waals surface area contributed by atoms with Crippen molar-refractivity contribution < 1.29 is 28.6 Å². The molecule has 0 amide bonds. The van der Waals surface area contributed by atoms with E-state index in [4.69, 9.17) is 14.2 Å². The molecule has 3 aliphatic rings. The van der Waals surface area contributed by atoms with Crippen molar-refractivity contribution in [3.63, 3.8) is 0 Å². The molecule has 3 rings (SSSR count). The summed E-state index contributed by atoms with van der Waals surface area (Å²) in [5, 5.41) is 0. The van der Waals surface area contributed by atoms with Crippen LogP contribution in [-0.4, -0.2) is 42.6 Å². The van der Waals surface area contributed by atoms with Gasteiger partial charge in [-0.15, -0.1) is 0 Å². The normalized spacial score (nSPS) is 41.7. The summed E-state index contributed by atoms with van der Waals surface area (Å²) >= 11 is 0. The molecule has 6 nitrogen and oxygen atoms in total. The quantitative estimate of drug-likeness (QED) is 0.662. The second kappa shape index (κ2) is 7.22. The molecule has 5 unspecified atom stereocenters. The maximum Gasteiger partial charge on any atom is 0.308 e. The van der Waals surface area contributed by atoms with Gasteiger partial charge in [0.05, 0.1) is 31.3 Å². The highest BCUT2D eigenvalue weighted by Gasteiger charge is 2.67. The molecular formula is C23H34O6. The van der Waals surface area contributed by atoms with Crippen LogP contribution in [0.4, 0.5) is 0 Å². The number of hydrogen-bond acceptors (Lipinski definition) is 6. The molecule has 0 aromatic rings. The van der Waals surface area contributed by atoms with Gasteiger partial charge in [-0.1, -0.05) is 20.3 Å². The van der Waals surface area contributed by atoms with Crippen LogP contribution in [0.3, 0.4) is 0 Å². The van der Waals surface area contributed by atoms with Gasteiger partial charge in [0.15, 0.2) is 5.78 Å². The summed E-state index contributed by atoms with van der Waals surface area (Å²) in [6.45, 7) is 9.78. The Kier molecular flexibility index (Phi) is 5.48. The summed E-state index contributed by atoms with van der Waals surface area (Å²) in [5.41, 5.74) is -1.16. The van der Waals surface area contributed by atoms with E-state index in [1.807, 2.05) is 13.8 Å². The molecule has 0 aromatic carbocycles. The van der Waals surface area contributed by atoms with Crippen molar-refractivity contribution in [3.05, 3.63) is 11.6 Å². The third-order valence-electron chi connectivity index (χ3n) is 7.76. The Morgan fingerprint density at radius 3 is 2.48 bits per heavy atom. The van der Waals surface area contributed by atoms with Crippen molar-refractivity contribution in [1.29, 1.82) is 0 Å². The minimum absolute atomic E-state index is 0.0927. The lowest BCUT2D eigenvalue weighted by molar-refractivity contribution is -0.202. The van der Waals surface area contributed by atoms with Crippen LogP contribution in [0.25, 0.3) is 0 Å². The van der Waals surface area contributed by atoms with E-state index in [1.54, 1.807) is 6.08 Å². The van der Waals surface area contributed by atoms with Crippen LogP contribution in [0, 0.1) is 16.7 Å². The number of allylic oxidation sites excluding steroid dienone is 1. The van der Waals surface area contributed by atoms with Crippen LogP contribution >= 0.6 is 0 Å². The van der Waals surface area contributed by atoms with E-state index in [1.165, 1.54) is 14.0 Å². The van der Waals surface area contributed by atoms with E-state index in [-0.39, 0.29) is 36.7 Å². The molecule has 1 saturated carbocycles. The second-order valence-corrected chi connectivity index (χ2v) is 10.00. The topological polar surface area (TPSA) is 78.9 Å². The smallest absolute Gasteiger partial charge is 0.308 e. The van der Waals surface area contributed by atoms with Gasteiger partial charge >= 0.3 is 11.9 Å². The third kappa shape index (κ3) is 3.43. The fourth-order valence-corrected chi connectivity index (χ4v) is 6.44. The summed E-state index contributed by atoms with van der Waals surface area (Å²) < 4.78 is 17.1. The SMILES string of the molecule is COC(=O)CC1(C)CCC2(O1)C(C)=CC(=O)C1C(C)(COC(C)=O)CCCC12C. The van der Waals surface area contributed by atoms with Gasteiger partial charge in [-0.2, -0.15) is 0 Å². The maximum absolute atomic E-state index is 13.3. The number of esters is 2. The minimum atomic E-state index is -0.625. The first-order valence-corrected chi connectivity index (χ1v) is 10.5. The van der Waals surface area contributed by atoms with Crippen LogP contribution in [0.2, 0.25) is 0 Å². The zero-order chi connectivity index (χ0) is 21.7. The van der Waals surface area contributed by atoms with Crippen LogP contribution in [0.5, 0.6) is 0 Å². The minimum Gasteiger partial charge on any atom is -0.469 e. The van der Waals surface area contributed by atoms with Crippen molar-refractivity contribution in [2.24, 2.45) is 16.7 Å². The van der Waals surface area contributed by atoms with Crippen molar-refractivity contribution >= 4 is 17.7 Å².